The summed E-state index contributed by atoms with van der Waals surface area (Å²) in [7, 11) is 0.661. The minimum absolute atomic E-state index is 0. The molecule has 0 aliphatic carbocycles. The van der Waals surface area contributed by atoms with Gasteiger partial charge in [-0.15, -0.1) is 24.0 Å². The SMILES string of the molecule is CN=C(NCCS(=O)c1ccccc1)NC1CCN(c2ncccc2F)C1.I. The topological polar surface area (TPSA) is 69.6 Å². The molecule has 2 atom stereocenters. The third-order valence-corrected chi connectivity index (χ3v) is 5.75. The average Bonchev–Trinajstić information content (AvgIpc) is 3.16. The number of anilines is 1. The van der Waals surface area contributed by atoms with Gasteiger partial charge in [-0.25, -0.2) is 9.37 Å². The van der Waals surface area contributed by atoms with Crippen molar-refractivity contribution in [2.75, 3.05) is 37.3 Å². The molecule has 2 heterocycles. The number of aliphatic imine (C=N–C) groups is 1. The molecular weight excluding hydrogens is 492 g/mol. The maximum absolute atomic E-state index is 13.9. The quantitative estimate of drug-likeness (QED) is 0.350. The molecule has 28 heavy (non-hydrogen) atoms. The van der Waals surface area contributed by atoms with E-state index in [0.717, 1.165) is 17.9 Å². The number of hydrogen-bond acceptors (Lipinski definition) is 4. The first-order valence-corrected chi connectivity index (χ1v) is 10.3. The van der Waals surface area contributed by atoms with Crippen molar-refractivity contribution < 1.29 is 8.60 Å². The zero-order valence-electron chi connectivity index (χ0n) is 15.7. The fourth-order valence-corrected chi connectivity index (χ4v) is 4.00. The highest BCUT2D eigenvalue weighted by atomic mass is 127. The Morgan fingerprint density at radius 1 is 1.32 bits per heavy atom. The fourth-order valence-electron chi connectivity index (χ4n) is 3.02. The number of aromatic nitrogens is 1. The van der Waals surface area contributed by atoms with Crippen LogP contribution in [-0.2, 0) is 10.8 Å². The highest BCUT2D eigenvalue weighted by molar-refractivity contribution is 14.0. The van der Waals surface area contributed by atoms with Gasteiger partial charge in [0.25, 0.3) is 0 Å². The fraction of sp³-hybridized carbons (Fsp3) is 0.368. The van der Waals surface area contributed by atoms with Crippen molar-refractivity contribution in [1.29, 1.82) is 0 Å². The summed E-state index contributed by atoms with van der Waals surface area (Å²) in [4.78, 5) is 11.1. The van der Waals surface area contributed by atoms with Crippen molar-refractivity contribution in [2.24, 2.45) is 4.99 Å². The van der Waals surface area contributed by atoms with Gasteiger partial charge in [-0.1, -0.05) is 18.2 Å². The molecule has 0 saturated carbocycles. The van der Waals surface area contributed by atoms with Gasteiger partial charge >= 0.3 is 0 Å². The van der Waals surface area contributed by atoms with Crippen LogP contribution >= 0.6 is 24.0 Å². The minimum Gasteiger partial charge on any atom is -0.355 e. The first-order chi connectivity index (χ1) is 13.2. The summed E-state index contributed by atoms with van der Waals surface area (Å²) in [5.41, 5.74) is 0. The molecular formula is C19H25FIN5OS. The summed E-state index contributed by atoms with van der Waals surface area (Å²) in [5, 5.41) is 6.55. The van der Waals surface area contributed by atoms with Crippen LogP contribution in [0, 0.1) is 5.82 Å². The number of pyridine rings is 1. The standard InChI is InChI=1S/C19H24FN5OS.HI/c1-21-19(23-11-13-27(26)16-6-3-2-4-7-16)24-15-9-12-25(14-15)18-17(20)8-5-10-22-18;/h2-8,10,15H,9,11-14H2,1H3,(H2,21,23,24);1H. The van der Waals surface area contributed by atoms with E-state index in [4.69, 9.17) is 0 Å². The van der Waals surface area contributed by atoms with Gasteiger partial charge in [0.05, 0.1) is 10.8 Å². The van der Waals surface area contributed by atoms with Gasteiger partial charge in [-0.2, -0.15) is 0 Å². The molecule has 1 aromatic carbocycles. The molecule has 152 valence electrons. The lowest BCUT2D eigenvalue weighted by Gasteiger charge is -2.19. The second-order valence-electron chi connectivity index (χ2n) is 6.25. The van der Waals surface area contributed by atoms with Crippen LogP contribution in [0.3, 0.4) is 0 Å². The number of rotatable bonds is 6. The van der Waals surface area contributed by atoms with E-state index in [-0.39, 0.29) is 35.8 Å². The van der Waals surface area contributed by atoms with Crippen LogP contribution in [0.1, 0.15) is 6.42 Å². The summed E-state index contributed by atoms with van der Waals surface area (Å²) in [6.45, 7) is 1.94. The summed E-state index contributed by atoms with van der Waals surface area (Å²) < 4.78 is 26.1. The van der Waals surface area contributed by atoms with E-state index in [1.54, 1.807) is 19.3 Å². The Labute approximate surface area is 184 Å². The van der Waals surface area contributed by atoms with Crippen LogP contribution < -0.4 is 15.5 Å². The molecule has 1 saturated heterocycles. The number of nitrogens with one attached hydrogen (secondary N) is 2. The molecule has 1 aliphatic heterocycles. The Balaban J connectivity index is 0.00000280. The minimum atomic E-state index is -1.04. The lowest BCUT2D eigenvalue weighted by atomic mass is 10.3. The van der Waals surface area contributed by atoms with Crippen molar-refractivity contribution in [3.63, 3.8) is 0 Å². The Morgan fingerprint density at radius 3 is 2.82 bits per heavy atom. The Hall–Kier alpha value is -1.75. The molecule has 0 bridgehead atoms. The van der Waals surface area contributed by atoms with Crippen LogP contribution in [0.4, 0.5) is 10.2 Å². The van der Waals surface area contributed by atoms with Crippen molar-refractivity contribution in [3.05, 3.63) is 54.5 Å². The third kappa shape index (κ3) is 6.13. The molecule has 0 amide bonds. The lowest BCUT2D eigenvalue weighted by molar-refractivity contribution is 0.612. The summed E-state index contributed by atoms with van der Waals surface area (Å²) in [6, 6.07) is 12.6. The maximum Gasteiger partial charge on any atom is 0.191 e. The van der Waals surface area contributed by atoms with Crippen molar-refractivity contribution in [1.82, 2.24) is 15.6 Å². The number of halogens is 2. The van der Waals surface area contributed by atoms with E-state index in [2.05, 4.69) is 20.6 Å². The third-order valence-electron chi connectivity index (χ3n) is 4.38. The lowest BCUT2D eigenvalue weighted by Crippen LogP contribution is -2.45. The first kappa shape index (κ1) is 22.5. The Kier molecular flexibility index (Phi) is 9.10. The van der Waals surface area contributed by atoms with Crippen LogP contribution in [0.2, 0.25) is 0 Å². The predicted molar refractivity (Wildman–Crippen MR) is 122 cm³/mol. The Bertz CT molecular complexity index is 808. The van der Waals surface area contributed by atoms with E-state index >= 15 is 0 Å². The van der Waals surface area contributed by atoms with Gasteiger partial charge in [0, 0.05) is 49.6 Å². The van der Waals surface area contributed by atoms with E-state index < -0.39 is 10.8 Å². The number of benzene rings is 1. The van der Waals surface area contributed by atoms with Crippen LogP contribution in [0.15, 0.2) is 58.5 Å². The van der Waals surface area contributed by atoms with Crippen LogP contribution in [0.5, 0.6) is 0 Å². The molecule has 2 unspecified atom stereocenters. The molecule has 0 spiro atoms. The normalized spacial score (nSPS) is 17.7. The van der Waals surface area contributed by atoms with E-state index in [1.165, 1.54) is 6.07 Å². The van der Waals surface area contributed by atoms with Crippen molar-refractivity contribution in [3.8, 4) is 0 Å². The van der Waals surface area contributed by atoms with Crippen LogP contribution in [-0.4, -0.2) is 53.6 Å². The molecule has 1 aromatic heterocycles. The van der Waals surface area contributed by atoms with Gasteiger partial charge in [-0.3, -0.25) is 9.20 Å². The zero-order valence-corrected chi connectivity index (χ0v) is 18.8. The molecule has 6 nitrogen and oxygen atoms in total. The van der Waals surface area contributed by atoms with E-state index in [1.807, 2.05) is 35.2 Å². The highest BCUT2D eigenvalue weighted by Gasteiger charge is 2.25. The average molecular weight is 517 g/mol. The number of hydrogen-bond donors (Lipinski definition) is 2. The van der Waals surface area contributed by atoms with Crippen molar-refractivity contribution >= 4 is 46.6 Å². The molecule has 9 heteroatoms. The van der Waals surface area contributed by atoms with Gasteiger partial charge < -0.3 is 15.5 Å². The zero-order chi connectivity index (χ0) is 19.1. The van der Waals surface area contributed by atoms with Gasteiger partial charge in [0.1, 0.15) is 0 Å². The monoisotopic (exact) mass is 517 g/mol. The molecule has 0 radical (unpaired) electrons. The first-order valence-electron chi connectivity index (χ1n) is 8.93. The highest BCUT2D eigenvalue weighted by Crippen LogP contribution is 2.20. The predicted octanol–water partition coefficient (Wildman–Crippen LogP) is 2.39. The molecule has 1 fully saturated rings. The number of nitrogens with zero attached hydrogens (tertiary/aromatic N) is 3. The van der Waals surface area contributed by atoms with Gasteiger partial charge in [0.2, 0.25) is 0 Å². The summed E-state index contributed by atoms with van der Waals surface area (Å²) in [6.07, 6.45) is 2.47. The maximum atomic E-state index is 13.9. The second-order valence-corrected chi connectivity index (χ2v) is 7.82. The van der Waals surface area contributed by atoms with E-state index in [9.17, 15) is 8.60 Å². The molecule has 2 N–H and O–H groups in total. The smallest absolute Gasteiger partial charge is 0.191 e. The van der Waals surface area contributed by atoms with Crippen molar-refractivity contribution in [2.45, 2.75) is 17.4 Å². The molecule has 2 aromatic rings. The Morgan fingerprint density at radius 2 is 2.11 bits per heavy atom. The largest absolute Gasteiger partial charge is 0.355 e. The molecule has 1 aliphatic rings. The summed E-state index contributed by atoms with van der Waals surface area (Å²) >= 11 is 0. The van der Waals surface area contributed by atoms with Gasteiger partial charge in [-0.05, 0) is 30.7 Å². The molecule has 3 rings (SSSR count). The van der Waals surface area contributed by atoms with Gasteiger partial charge in [0.15, 0.2) is 17.6 Å². The van der Waals surface area contributed by atoms with E-state index in [0.29, 0.717) is 30.6 Å². The summed E-state index contributed by atoms with van der Waals surface area (Å²) in [5.74, 6) is 1.25. The number of guanidine groups is 1. The van der Waals surface area contributed by atoms with Crippen LogP contribution in [0.25, 0.3) is 0 Å². The second kappa shape index (κ2) is 11.3.